The summed E-state index contributed by atoms with van der Waals surface area (Å²) in [5.74, 6) is -0.942. The summed E-state index contributed by atoms with van der Waals surface area (Å²) in [6.45, 7) is 1.80. The van der Waals surface area contributed by atoms with Crippen molar-refractivity contribution >= 4 is 15.7 Å². The maximum absolute atomic E-state index is 13.4. The highest BCUT2D eigenvalue weighted by Gasteiger charge is 2.14. The molecule has 0 fully saturated rings. The molecule has 0 unspecified atom stereocenters. The number of hydrogen-bond acceptors (Lipinski definition) is 3. The minimum absolute atomic E-state index is 0.134. The molecule has 100 valence electrons. The van der Waals surface area contributed by atoms with Crippen LogP contribution < -0.4 is 4.72 Å². The Morgan fingerprint density at radius 3 is 2.58 bits per heavy atom. The monoisotopic (exact) mass is 280 g/mol. The highest BCUT2D eigenvalue weighted by Crippen LogP contribution is 2.14. The van der Waals surface area contributed by atoms with E-state index in [0.29, 0.717) is 5.69 Å². The molecule has 0 spiro atoms. The molecule has 0 aliphatic rings. The van der Waals surface area contributed by atoms with Gasteiger partial charge in [0.15, 0.2) is 0 Å². The van der Waals surface area contributed by atoms with E-state index in [1.165, 1.54) is 24.4 Å². The molecule has 1 aromatic carbocycles. The van der Waals surface area contributed by atoms with Crippen LogP contribution in [0.15, 0.2) is 42.6 Å². The van der Waals surface area contributed by atoms with Gasteiger partial charge in [0.1, 0.15) is 5.82 Å². The first kappa shape index (κ1) is 13.5. The third-order valence-corrected chi connectivity index (χ3v) is 3.73. The summed E-state index contributed by atoms with van der Waals surface area (Å²) in [6, 6.07) is 9.10. The van der Waals surface area contributed by atoms with Crippen molar-refractivity contribution in [1.29, 1.82) is 0 Å². The highest BCUT2D eigenvalue weighted by atomic mass is 32.2. The maximum Gasteiger partial charge on any atom is 0.237 e. The largest absolute Gasteiger partial charge is 0.282 e. The molecular formula is C13H13FN2O2S. The number of rotatable bonds is 4. The molecule has 6 heteroatoms. The van der Waals surface area contributed by atoms with Crippen molar-refractivity contribution in [2.45, 2.75) is 12.7 Å². The first-order valence-electron chi connectivity index (χ1n) is 5.63. The van der Waals surface area contributed by atoms with Crippen LogP contribution in [0.4, 0.5) is 10.1 Å². The van der Waals surface area contributed by atoms with Crippen LogP contribution in [0.2, 0.25) is 0 Å². The minimum Gasteiger partial charge on any atom is -0.282 e. The van der Waals surface area contributed by atoms with E-state index in [2.05, 4.69) is 9.71 Å². The molecule has 0 radical (unpaired) electrons. The van der Waals surface area contributed by atoms with Gasteiger partial charge in [-0.15, -0.1) is 0 Å². The lowest BCUT2D eigenvalue weighted by Crippen LogP contribution is -2.16. The Morgan fingerprint density at radius 1 is 1.21 bits per heavy atom. The average Bonchev–Trinajstić information content (AvgIpc) is 2.35. The van der Waals surface area contributed by atoms with Crippen molar-refractivity contribution in [2.24, 2.45) is 0 Å². The molecule has 2 aromatic rings. The molecule has 0 aliphatic carbocycles. The Hall–Kier alpha value is -1.95. The molecule has 1 heterocycles. The van der Waals surface area contributed by atoms with Crippen LogP contribution in [0, 0.1) is 12.7 Å². The van der Waals surface area contributed by atoms with Crippen molar-refractivity contribution in [1.82, 2.24) is 4.98 Å². The van der Waals surface area contributed by atoms with Crippen LogP contribution in [0.1, 0.15) is 11.3 Å². The number of hydrogen-bond donors (Lipinski definition) is 1. The Morgan fingerprint density at radius 2 is 1.95 bits per heavy atom. The van der Waals surface area contributed by atoms with Crippen LogP contribution in [0.5, 0.6) is 0 Å². The number of sulfonamides is 1. The van der Waals surface area contributed by atoms with E-state index in [-0.39, 0.29) is 5.56 Å². The Kier molecular flexibility index (Phi) is 3.80. The van der Waals surface area contributed by atoms with E-state index in [1.807, 2.05) is 0 Å². The molecule has 0 saturated carbocycles. The zero-order valence-electron chi connectivity index (χ0n) is 10.3. The van der Waals surface area contributed by atoms with Gasteiger partial charge in [-0.3, -0.25) is 9.71 Å². The van der Waals surface area contributed by atoms with Crippen LogP contribution in [0.25, 0.3) is 0 Å². The van der Waals surface area contributed by atoms with Crippen LogP contribution in [-0.4, -0.2) is 13.4 Å². The number of halogens is 1. The fraction of sp³-hybridized carbons (Fsp3) is 0.154. The third kappa shape index (κ3) is 3.75. The SMILES string of the molecule is Cc1ccc(NS(=O)(=O)Cc2ccccc2F)cn1. The molecule has 1 aromatic heterocycles. The van der Waals surface area contributed by atoms with Gasteiger partial charge in [-0.05, 0) is 25.1 Å². The quantitative estimate of drug-likeness (QED) is 0.936. The zero-order chi connectivity index (χ0) is 13.9. The Bertz CT molecular complexity index is 669. The summed E-state index contributed by atoms with van der Waals surface area (Å²) in [5.41, 5.74) is 1.29. The smallest absolute Gasteiger partial charge is 0.237 e. The van der Waals surface area contributed by atoms with Crippen LogP contribution in [-0.2, 0) is 15.8 Å². The standard InChI is InChI=1S/C13H13FN2O2S/c1-10-6-7-12(8-15-10)16-19(17,18)9-11-4-2-3-5-13(11)14/h2-8,16H,9H2,1H3. The second kappa shape index (κ2) is 5.36. The summed E-state index contributed by atoms with van der Waals surface area (Å²) in [7, 11) is -3.65. The second-order valence-electron chi connectivity index (χ2n) is 4.14. The van der Waals surface area contributed by atoms with Crippen molar-refractivity contribution < 1.29 is 12.8 Å². The number of anilines is 1. The first-order chi connectivity index (χ1) is 8.96. The van der Waals surface area contributed by atoms with Gasteiger partial charge in [0, 0.05) is 11.3 Å². The number of nitrogens with one attached hydrogen (secondary N) is 1. The minimum atomic E-state index is -3.65. The van der Waals surface area contributed by atoms with Gasteiger partial charge in [0.05, 0.1) is 17.6 Å². The fourth-order valence-corrected chi connectivity index (χ4v) is 2.76. The molecule has 2 rings (SSSR count). The number of benzene rings is 1. The van der Waals surface area contributed by atoms with Gasteiger partial charge < -0.3 is 0 Å². The second-order valence-corrected chi connectivity index (χ2v) is 5.86. The molecule has 0 aliphatic heterocycles. The number of nitrogens with zero attached hydrogens (tertiary/aromatic N) is 1. The highest BCUT2D eigenvalue weighted by molar-refractivity contribution is 7.91. The van der Waals surface area contributed by atoms with Gasteiger partial charge in [-0.2, -0.15) is 0 Å². The molecule has 4 nitrogen and oxygen atoms in total. The van der Waals surface area contributed by atoms with E-state index in [1.54, 1.807) is 25.1 Å². The van der Waals surface area contributed by atoms with Gasteiger partial charge in [0.25, 0.3) is 0 Å². The van der Waals surface area contributed by atoms with Crippen LogP contribution in [0.3, 0.4) is 0 Å². The van der Waals surface area contributed by atoms with Crippen molar-refractivity contribution in [3.05, 3.63) is 59.7 Å². The van der Waals surface area contributed by atoms with E-state index in [9.17, 15) is 12.8 Å². The topological polar surface area (TPSA) is 59.1 Å². The average molecular weight is 280 g/mol. The summed E-state index contributed by atoms with van der Waals surface area (Å²) >= 11 is 0. The van der Waals surface area contributed by atoms with E-state index < -0.39 is 21.6 Å². The van der Waals surface area contributed by atoms with Crippen molar-refractivity contribution in [2.75, 3.05) is 4.72 Å². The molecule has 0 atom stereocenters. The Balaban J connectivity index is 2.15. The predicted molar refractivity (Wildman–Crippen MR) is 71.6 cm³/mol. The molecule has 0 saturated heterocycles. The van der Waals surface area contributed by atoms with Gasteiger partial charge in [-0.25, -0.2) is 12.8 Å². The summed E-state index contributed by atoms with van der Waals surface area (Å²) in [6.07, 6.45) is 1.42. The van der Waals surface area contributed by atoms with Gasteiger partial charge in [-0.1, -0.05) is 18.2 Å². The number of pyridine rings is 1. The molecule has 0 amide bonds. The van der Waals surface area contributed by atoms with Gasteiger partial charge >= 0.3 is 0 Å². The van der Waals surface area contributed by atoms with Crippen molar-refractivity contribution in [3.63, 3.8) is 0 Å². The molecule has 1 N–H and O–H groups in total. The normalized spacial score (nSPS) is 11.3. The third-order valence-electron chi connectivity index (χ3n) is 2.49. The van der Waals surface area contributed by atoms with E-state index >= 15 is 0 Å². The Labute approximate surface area is 111 Å². The summed E-state index contributed by atoms with van der Waals surface area (Å²) in [5, 5.41) is 0. The number of aromatic nitrogens is 1. The summed E-state index contributed by atoms with van der Waals surface area (Å²) in [4.78, 5) is 3.99. The van der Waals surface area contributed by atoms with Crippen molar-refractivity contribution in [3.8, 4) is 0 Å². The molecule has 19 heavy (non-hydrogen) atoms. The molecule has 0 bridgehead atoms. The first-order valence-corrected chi connectivity index (χ1v) is 7.28. The lowest BCUT2D eigenvalue weighted by atomic mass is 10.2. The maximum atomic E-state index is 13.4. The summed E-state index contributed by atoms with van der Waals surface area (Å²) < 4.78 is 39.6. The van der Waals surface area contributed by atoms with Crippen LogP contribution >= 0.6 is 0 Å². The van der Waals surface area contributed by atoms with E-state index in [0.717, 1.165) is 5.69 Å². The lowest BCUT2D eigenvalue weighted by molar-refractivity contribution is 0.591. The lowest BCUT2D eigenvalue weighted by Gasteiger charge is -2.08. The molecular weight excluding hydrogens is 267 g/mol. The number of aryl methyl sites for hydroxylation is 1. The predicted octanol–water partition coefficient (Wildman–Crippen LogP) is 2.47. The van der Waals surface area contributed by atoms with Gasteiger partial charge in [0.2, 0.25) is 10.0 Å². The fourth-order valence-electron chi connectivity index (χ4n) is 1.56. The van der Waals surface area contributed by atoms with E-state index in [4.69, 9.17) is 0 Å². The zero-order valence-corrected chi connectivity index (χ0v) is 11.1.